The van der Waals surface area contributed by atoms with Crippen molar-refractivity contribution in [1.82, 2.24) is 9.80 Å². The maximum Gasteiger partial charge on any atom is 0.289 e. The summed E-state index contributed by atoms with van der Waals surface area (Å²) in [7, 11) is 1.55. The Morgan fingerprint density at radius 3 is 2.79 bits per heavy atom. The second-order valence-corrected chi connectivity index (χ2v) is 6.24. The molecule has 1 aromatic rings. The summed E-state index contributed by atoms with van der Waals surface area (Å²) in [4.78, 5) is 27.6. The van der Waals surface area contributed by atoms with Gasteiger partial charge in [0.05, 0.1) is 18.7 Å². The number of thioether (sulfide) groups is 1. The van der Waals surface area contributed by atoms with Crippen molar-refractivity contribution in [1.29, 1.82) is 0 Å². The van der Waals surface area contributed by atoms with Gasteiger partial charge < -0.3 is 20.0 Å². The lowest BCUT2D eigenvalue weighted by Gasteiger charge is -2.20. The van der Waals surface area contributed by atoms with Crippen LogP contribution in [0.4, 0.5) is 4.39 Å². The highest BCUT2D eigenvalue weighted by atomic mass is 32.2. The number of nitrogens with zero attached hydrogens (tertiary/aromatic N) is 2. The fourth-order valence-electron chi connectivity index (χ4n) is 2.49. The van der Waals surface area contributed by atoms with E-state index >= 15 is 0 Å². The fourth-order valence-corrected chi connectivity index (χ4v) is 3.12. The number of hydrogen-bond donors (Lipinski definition) is 2. The third-order valence-corrected chi connectivity index (χ3v) is 4.58. The predicted molar refractivity (Wildman–Crippen MR) is 88.0 cm³/mol. The zero-order chi connectivity index (χ0) is 17.9. The second-order valence-electron chi connectivity index (χ2n) is 5.39. The fraction of sp³-hybridized carbons (Fsp3) is 0.375. The van der Waals surface area contributed by atoms with E-state index < -0.39 is 17.6 Å². The SMILES string of the molecule is CSc1cc(F)ccc1CN(C)C(=O)C1=C(O)C(=O)N(CCO)C1. The Hall–Kier alpha value is -2.06. The molecule has 0 atom stereocenters. The third-order valence-electron chi connectivity index (χ3n) is 3.76. The molecule has 1 heterocycles. The first-order valence-electron chi connectivity index (χ1n) is 7.29. The van der Waals surface area contributed by atoms with Crippen molar-refractivity contribution in [2.45, 2.75) is 11.4 Å². The largest absolute Gasteiger partial charge is 0.503 e. The molecular weight excluding hydrogens is 335 g/mol. The number of likely N-dealkylation sites (N-methyl/N-ethyl adjacent to an activating group) is 1. The molecule has 0 radical (unpaired) electrons. The predicted octanol–water partition coefficient (Wildman–Crippen LogP) is 1.15. The number of carbonyl (C=O) groups is 2. The van der Waals surface area contributed by atoms with Crippen molar-refractivity contribution in [2.24, 2.45) is 0 Å². The molecule has 24 heavy (non-hydrogen) atoms. The van der Waals surface area contributed by atoms with Crippen molar-refractivity contribution >= 4 is 23.6 Å². The molecule has 0 aromatic heterocycles. The topological polar surface area (TPSA) is 81.1 Å². The van der Waals surface area contributed by atoms with Crippen molar-refractivity contribution in [3.63, 3.8) is 0 Å². The number of aliphatic hydroxyl groups excluding tert-OH is 2. The molecule has 0 spiro atoms. The zero-order valence-corrected chi connectivity index (χ0v) is 14.3. The van der Waals surface area contributed by atoms with Crippen LogP contribution in [0, 0.1) is 5.82 Å². The molecule has 0 fully saturated rings. The highest BCUT2D eigenvalue weighted by molar-refractivity contribution is 7.98. The van der Waals surface area contributed by atoms with Gasteiger partial charge in [-0.05, 0) is 24.0 Å². The normalized spacial score (nSPS) is 14.5. The number of benzene rings is 1. The lowest BCUT2D eigenvalue weighted by Crippen LogP contribution is -2.32. The first-order valence-corrected chi connectivity index (χ1v) is 8.51. The van der Waals surface area contributed by atoms with E-state index in [2.05, 4.69) is 0 Å². The zero-order valence-electron chi connectivity index (χ0n) is 13.5. The number of rotatable bonds is 6. The number of halogens is 1. The van der Waals surface area contributed by atoms with Crippen molar-refractivity contribution in [3.8, 4) is 0 Å². The van der Waals surface area contributed by atoms with Crippen molar-refractivity contribution in [3.05, 3.63) is 40.9 Å². The van der Waals surface area contributed by atoms with E-state index in [0.29, 0.717) is 0 Å². The summed E-state index contributed by atoms with van der Waals surface area (Å²) in [5, 5.41) is 18.8. The van der Waals surface area contributed by atoms with Crippen LogP contribution in [0.3, 0.4) is 0 Å². The molecule has 2 N–H and O–H groups in total. The van der Waals surface area contributed by atoms with Gasteiger partial charge in [-0.15, -0.1) is 11.8 Å². The summed E-state index contributed by atoms with van der Waals surface area (Å²) in [5.74, 6) is -2.06. The average molecular weight is 354 g/mol. The van der Waals surface area contributed by atoms with E-state index in [0.717, 1.165) is 10.5 Å². The lowest BCUT2D eigenvalue weighted by atomic mass is 10.1. The molecule has 0 unspecified atom stereocenters. The number of β-amino-alcohol motifs (C(OH)–C–C–N with tert-alkyl or cyclic N) is 1. The van der Waals surface area contributed by atoms with Gasteiger partial charge in [0.2, 0.25) is 0 Å². The van der Waals surface area contributed by atoms with Crippen molar-refractivity contribution < 1.29 is 24.2 Å². The van der Waals surface area contributed by atoms with Gasteiger partial charge in [0.1, 0.15) is 5.82 Å². The van der Waals surface area contributed by atoms with Crippen molar-refractivity contribution in [2.75, 3.05) is 33.0 Å². The van der Waals surface area contributed by atoms with E-state index in [1.165, 1.54) is 33.7 Å². The second kappa shape index (κ2) is 7.67. The molecule has 130 valence electrons. The maximum absolute atomic E-state index is 13.3. The average Bonchev–Trinajstić information content (AvgIpc) is 2.84. The van der Waals surface area contributed by atoms with Gasteiger partial charge >= 0.3 is 0 Å². The summed E-state index contributed by atoms with van der Waals surface area (Å²) < 4.78 is 13.3. The maximum atomic E-state index is 13.3. The highest BCUT2D eigenvalue weighted by Gasteiger charge is 2.34. The smallest absolute Gasteiger partial charge is 0.289 e. The molecule has 2 rings (SSSR count). The lowest BCUT2D eigenvalue weighted by molar-refractivity contribution is -0.128. The molecule has 0 saturated carbocycles. The Bertz CT molecular complexity index is 693. The van der Waals surface area contributed by atoms with Gasteiger partial charge in [-0.3, -0.25) is 9.59 Å². The molecule has 0 bridgehead atoms. The Morgan fingerprint density at radius 1 is 1.46 bits per heavy atom. The van der Waals surface area contributed by atoms with Crippen LogP contribution in [0.15, 0.2) is 34.4 Å². The van der Waals surface area contributed by atoms with Crippen LogP contribution >= 0.6 is 11.8 Å². The number of amides is 2. The number of hydrogen-bond acceptors (Lipinski definition) is 5. The van der Waals surface area contributed by atoms with Crippen LogP contribution in [0.1, 0.15) is 5.56 Å². The highest BCUT2D eigenvalue weighted by Crippen LogP contribution is 2.24. The Balaban J connectivity index is 2.14. The third kappa shape index (κ3) is 3.70. The minimum absolute atomic E-state index is 0.00348. The van der Waals surface area contributed by atoms with E-state index in [1.807, 2.05) is 6.26 Å². The van der Waals surface area contributed by atoms with E-state index in [4.69, 9.17) is 5.11 Å². The standard InChI is InChI=1S/C16H19FN2O4S/c1-18(8-10-3-4-11(17)7-13(10)24-2)15(22)12-9-19(5-6-20)16(23)14(12)21/h3-4,7,20-21H,5-6,8-9H2,1-2H3. The Labute approximate surface area is 143 Å². The van der Waals surface area contributed by atoms with Gasteiger partial charge in [0, 0.05) is 25.0 Å². The van der Waals surface area contributed by atoms with Crippen LogP contribution in [0.5, 0.6) is 0 Å². The summed E-state index contributed by atoms with van der Waals surface area (Å²) in [6.07, 6.45) is 1.82. The molecular formula is C16H19FN2O4S. The molecule has 1 aliphatic rings. The van der Waals surface area contributed by atoms with Crippen LogP contribution in [0.2, 0.25) is 0 Å². The molecule has 0 aliphatic carbocycles. The Morgan fingerprint density at radius 2 is 2.17 bits per heavy atom. The summed E-state index contributed by atoms with van der Waals surface area (Å²) in [5.41, 5.74) is 0.778. The minimum Gasteiger partial charge on any atom is -0.503 e. The van der Waals surface area contributed by atoms with E-state index in [-0.39, 0.29) is 37.6 Å². The molecule has 6 nitrogen and oxygen atoms in total. The molecule has 1 aromatic carbocycles. The van der Waals surface area contributed by atoms with Crippen LogP contribution in [-0.2, 0) is 16.1 Å². The monoisotopic (exact) mass is 354 g/mol. The van der Waals surface area contributed by atoms with Gasteiger partial charge in [-0.2, -0.15) is 0 Å². The molecule has 8 heteroatoms. The molecule has 2 amide bonds. The Kier molecular flexibility index (Phi) is 5.84. The summed E-state index contributed by atoms with van der Waals surface area (Å²) >= 11 is 1.37. The van der Waals surface area contributed by atoms with Gasteiger partial charge in [0.15, 0.2) is 5.76 Å². The summed E-state index contributed by atoms with van der Waals surface area (Å²) in [6.45, 7) is -0.00553. The first kappa shape index (κ1) is 18.3. The van der Waals surface area contributed by atoms with Crippen LogP contribution in [-0.4, -0.2) is 64.8 Å². The first-order chi connectivity index (χ1) is 11.4. The number of aliphatic hydroxyl groups is 2. The number of carbonyl (C=O) groups excluding carboxylic acids is 2. The molecule has 1 aliphatic heterocycles. The minimum atomic E-state index is -0.660. The van der Waals surface area contributed by atoms with Gasteiger partial charge in [-0.1, -0.05) is 6.07 Å². The molecule has 0 saturated heterocycles. The van der Waals surface area contributed by atoms with Crippen LogP contribution < -0.4 is 0 Å². The van der Waals surface area contributed by atoms with Gasteiger partial charge in [-0.25, -0.2) is 4.39 Å². The van der Waals surface area contributed by atoms with E-state index in [9.17, 15) is 19.1 Å². The van der Waals surface area contributed by atoms with Gasteiger partial charge in [0.25, 0.3) is 11.8 Å². The van der Waals surface area contributed by atoms with E-state index in [1.54, 1.807) is 13.1 Å². The summed E-state index contributed by atoms with van der Waals surface area (Å²) in [6, 6.07) is 4.33. The quantitative estimate of drug-likeness (QED) is 0.749. The van der Waals surface area contributed by atoms with Crippen LogP contribution in [0.25, 0.3) is 0 Å².